The van der Waals surface area contributed by atoms with Gasteiger partial charge in [-0.2, -0.15) is 0 Å². The Kier molecular flexibility index (Phi) is 3.79. The fraction of sp³-hybridized carbons (Fsp3) is 1.00. The van der Waals surface area contributed by atoms with E-state index in [1.807, 2.05) is 0 Å². The molecule has 0 aromatic rings. The molecule has 1 N–H and O–H groups in total. The molecular weight excluding hydrogens is 176 g/mol. The topological polar surface area (TPSA) is 24.5 Å². The SMILES string of the molecule is COCCN(CC1CCCN1)C1CC1. The Morgan fingerprint density at radius 2 is 2.21 bits per heavy atom. The first kappa shape index (κ1) is 10.4. The van der Waals surface area contributed by atoms with Crippen LogP contribution in [0.5, 0.6) is 0 Å². The van der Waals surface area contributed by atoms with Crippen molar-refractivity contribution in [3.05, 3.63) is 0 Å². The lowest BCUT2D eigenvalue weighted by Crippen LogP contribution is -2.40. The van der Waals surface area contributed by atoms with Crippen LogP contribution in [0.15, 0.2) is 0 Å². The van der Waals surface area contributed by atoms with Gasteiger partial charge in [0.2, 0.25) is 0 Å². The quantitative estimate of drug-likeness (QED) is 0.685. The maximum absolute atomic E-state index is 5.15. The normalized spacial score (nSPS) is 27.4. The molecule has 1 saturated carbocycles. The number of nitrogens with zero attached hydrogens (tertiary/aromatic N) is 1. The van der Waals surface area contributed by atoms with Crippen LogP contribution >= 0.6 is 0 Å². The molecule has 1 aliphatic carbocycles. The molecule has 0 amide bonds. The Bertz CT molecular complexity index is 165. The summed E-state index contributed by atoms with van der Waals surface area (Å²) in [5.74, 6) is 0. The van der Waals surface area contributed by atoms with E-state index >= 15 is 0 Å². The Morgan fingerprint density at radius 1 is 1.36 bits per heavy atom. The maximum Gasteiger partial charge on any atom is 0.0589 e. The van der Waals surface area contributed by atoms with Gasteiger partial charge in [0, 0.05) is 32.3 Å². The van der Waals surface area contributed by atoms with Crippen LogP contribution in [0.1, 0.15) is 25.7 Å². The molecule has 14 heavy (non-hydrogen) atoms. The van der Waals surface area contributed by atoms with E-state index < -0.39 is 0 Å². The van der Waals surface area contributed by atoms with E-state index in [9.17, 15) is 0 Å². The second-order valence-corrected chi connectivity index (χ2v) is 4.51. The van der Waals surface area contributed by atoms with E-state index in [2.05, 4.69) is 10.2 Å². The Morgan fingerprint density at radius 3 is 2.79 bits per heavy atom. The molecule has 1 unspecified atom stereocenters. The number of rotatable bonds is 6. The summed E-state index contributed by atoms with van der Waals surface area (Å²) in [5.41, 5.74) is 0. The number of methoxy groups -OCH3 is 1. The van der Waals surface area contributed by atoms with Crippen LogP contribution in [0.2, 0.25) is 0 Å². The predicted molar refractivity (Wildman–Crippen MR) is 57.5 cm³/mol. The van der Waals surface area contributed by atoms with Crippen LogP contribution in [-0.4, -0.2) is 50.3 Å². The fourth-order valence-electron chi connectivity index (χ4n) is 2.27. The molecule has 2 aliphatic rings. The van der Waals surface area contributed by atoms with Gasteiger partial charge < -0.3 is 10.1 Å². The second-order valence-electron chi connectivity index (χ2n) is 4.51. The molecule has 0 bridgehead atoms. The molecule has 3 heteroatoms. The van der Waals surface area contributed by atoms with Crippen molar-refractivity contribution in [1.82, 2.24) is 10.2 Å². The molecule has 0 aromatic heterocycles. The van der Waals surface area contributed by atoms with Crippen molar-refractivity contribution in [3.8, 4) is 0 Å². The van der Waals surface area contributed by atoms with Crippen LogP contribution in [0.4, 0.5) is 0 Å². The van der Waals surface area contributed by atoms with Crippen LogP contribution in [0.25, 0.3) is 0 Å². The van der Waals surface area contributed by atoms with Crippen molar-refractivity contribution in [2.75, 3.05) is 33.4 Å². The molecule has 1 saturated heterocycles. The molecule has 0 aromatic carbocycles. The molecule has 1 heterocycles. The van der Waals surface area contributed by atoms with Crippen molar-refractivity contribution in [2.24, 2.45) is 0 Å². The minimum Gasteiger partial charge on any atom is -0.383 e. The van der Waals surface area contributed by atoms with E-state index in [4.69, 9.17) is 4.74 Å². The first-order valence-corrected chi connectivity index (χ1v) is 5.86. The molecular formula is C11H22N2O. The summed E-state index contributed by atoms with van der Waals surface area (Å²) < 4.78 is 5.15. The zero-order valence-corrected chi connectivity index (χ0v) is 9.17. The Labute approximate surface area is 86.8 Å². The monoisotopic (exact) mass is 198 g/mol. The van der Waals surface area contributed by atoms with E-state index in [0.29, 0.717) is 0 Å². The van der Waals surface area contributed by atoms with Gasteiger partial charge in [0.1, 0.15) is 0 Å². The van der Waals surface area contributed by atoms with Gasteiger partial charge >= 0.3 is 0 Å². The average Bonchev–Trinajstić information content (AvgIpc) is 2.92. The Balaban J connectivity index is 1.71. The first-order valence-electron chi connectivity index (χ1n) is 5.86. The molecule has 1 aliphatic heterocycles. The number of hydrogen-bond donors (Lipinski definition) is 1. The third kappa shape index (κ3) is 2.94. The highest BCUT2D eigenvalue weighted by atomic mass is 16.5. The molecule has 82 valence electrons. The zero-order valence-electron chi connectivity index (χ0n) is 9.17. The van der Waals surface area contributed by atoms with Crippen molar-refractivity contribution in [2.45, 2.75) is 37.8 Å². The predicted octanol–water partition coefficient (Wildman–Crippen LogP) is 0.849. The third-order valence-electron chi connectivity index (χ3n) is 3.26. The zero-order chi connectivity index (χ0) is 9.80. The lowest BCUT2D eigenvalue weighted by Gasteiger charge is -2.25. The molecule has 0 radical (unpaired) electrons. The summed E-state index contributed by atoms with van der Waals surface area (Å²) in [6.45, 7) is 4.43. The van der Waals surface area contributed by atoms with Gasteiger partial charge in [-0.1, -0.05) is 0 Å². The van der Waals surface area contributed by atoms with Gasteiger partial charge in [0.15, 0.2) is 0 Å². The van der Waals surface area contributed by atoms with Crippen LogP contribution in [0.3, 0.4) is 0 Å². The smallest absolute Gasteiger partial charge is 0.0589 e. The lowest BCUT2D eigenvalue weighted by molar-refractivity contribution is 0.137. The van der Waals surface area contributed by atoms with Crippen molar-refractivity contribution in [3.63, 3.8) is 0 Å². The van der Waals surface area contributed by atoms with Crippen molar-refractivity contribution >= 4 is 0 Å². The molecule has 3 nitrogen and oxygen atoms in total. The van der Waals surface area contributed by atoms with E-state index in [1.165, 1.54) is 38.8 Å². The molecule has 2 fully saturated rings. The standard InChI is InChI=1S/C11H22N2O/c1-14-8-7-13(11-4-5-11)9-10-3-2-6-12-10/h10-12H,2-9H2,1H3. The molecule has 0 spiro atoms. The molecule has 2 rings (SSSR count). The summed E-state index contributed by atoms with van der Waals surface area (Å²) in [6.07, 6.45) is 5.51. The van der Waals surface area contributed by atoms with Gasteiger partial charge in [0.25, 0.3) is 0 Å². The second kappa shape index (κ2) is 5.10. The minimum atomic E-state index is 0.743. The highest BCUT2D eigenvalue weighted by Gasteiger charge is 2.30. The van der Waals surface area contributed by atoms with Gasteiger partial charge in [0.05, 0.1) is 6.61 Å². The number of ether oxygens (including phenoxy) is 1. The fourth-order valence-corrected chi connectivity index (χ4v) is 2.27. The average molecular weight is 198 g/mol. The summed E-state index contributed by atoms with van der Waals surface area (Å²) in [4.78, 5) is 2.60. The van der Waals surface area contributed by atoms with Crippen LogP contribution < -0.4 is 5.32 Å². The molecule has 1 atom stereocenters. The minimum absolute atomic E-state index is 0.743. The van der Waals surface area contributed by atoms with Gasteiger partial charge in [-0.05, 0) is 32.2 Å². The van der Waals surface area contributed by atoms with E-state index in [-0.39, 0.29) is 0 Å². The summed E-state index contributed by atoms with van der Waals surface area (Å²) in [5, 5.41) is 3.56. The summed E-state index contributed by atoms with van der Waals surface area (Å²) in [7, 11) is 1.79. The van der Waals surface area contributed by atoms with Crippen LogP contribution in [-0.2, 0) is 4.74 Å². The highest BCUT2D eigenvalue weighted by molar-refractivity contribution is 4.88. The van der Waals surface area contributed by atoms with Crippen molar-refractivity contribution in [1.29, 1.82) is 0 Å². The van der Waals surface area contributed by atoms with Gasteiger partial charge in [-0.25, -0.2) is 0 Å². The van der Waals surface area contributed by atoms with Gasteiger partial charge in [-0.3, -0.25) is 4.90 Å². The van der Waals surface area contributed by atoms with Crippen LogP contribution in [0, 0.1) is 0 Å². The van der Waals surface area contributed by atoms with E-state index in [1.54, 1.807) is 7.11 Å². The summed E-state index contributed by atoms with van der Waals surface area (Å²) in [6, 6.07) is 1.61. The summed E-state index contributed by atoms with van der Waals surface area (Å²) >= 11 is 0. The third-order valence-corrected chi connectivity index (χ3v) is 3.26. The highest BCUT2D eigenvalue weighted by Crippen LogP contribution is 2.27. The van der Waals surface area contributed by atoms with Gasteiger partial charge in [-0.15, -0.1) is 0 Å². The largest absolute Gasteiger partial charge is 0.383 e. The van der Waals surface area contributed by atoms with E-state index in [0.717, 1.165) is 25.2 Å². The first-order chi connectivity index (χ1) is 6.90. The van der Waals surface area contributed by atoms with Crippen molar-refractivity contribution < 1.29 is 4.74 Å². The number of nitrogens with one attached hydrogen (secondary N) is 1. The number of hydrogen-bond acceptors (Lipinski definition) is 3. The maximum atomic E-state index is 5.15. The Hall–Kier alpha value is -0.120. The lowest BCUT2D eigenvalue weighted by atomic mass is 10.2.